The topological polar surface area (TPSA) is 26.3 Å². The molecule has 0 aromatic heterocycles. The summed E-state index contributed by atoms with van der Waals surface area (Å²) in [5.74, 6) is 1.11. The summed E-state index contributed by atoms with van der Waals surface area (Å²) in [4.78, 5) is 12.5. The molecule has 0 aliphatic carbocycles. The highest BCUT2D eigenvalue weighted by Gasteiger charge is 2.05. The van der Waals surface area contributed by atoms with Crippen molar-refractivity contribution in [3.05, 3.63) is 29.8 Å². The van der Waals surface area contributed by atoms with Gasteiger partial charge in [-0.3, -0.25) is 4.79 Å². The average molecular weight is 256 g/mol. The molecule has 1 aromatic rings. The molecule has 0 bridgehead atoms. The number of thioether (sulfide) groups is 2. The molecule has 0 N–H and O–H groups in total. The van der Waals surface area contributed by atoms with E-state index in [0.717, 1.165) is 10.6 Å². The Morgan fingerprint density at radius 3 is 2.81 bits per heavy atom. The van der Waals surface area contributed by atoms with Gasteiger partial charge in [0.15, 0.2) is 0 Å². The molecular formula is C12H16O2S2. The Morgan fingerprint density at radius 1 is 1.38 bits per heavy atom. The molecule has 0 fully saturated rings. The number of esters is 1. The van der Waals surface area contributed by atoms with Gasteiger partial charge in [-0.05, 0) is 24.8 Å². The number of hydrogen-bond donors (Lipinski definition) is 0. The molecule has 4 heteroatoms. The number of benzene rings is 1. The quantitative estimate of drug-likeness (QED) is 0.444. The number of ether oxygens (including phenoxy) is 1. The minimum atomic E-state index is -0.137. The van der Waals surface area contributed by atoms with Gasteiger partial charge in [0.25, 0.3) is 0 Å². The van der Waals surface area contributed by atoms with E-state index in [1.807, 2.05) is 37.4 Å². The summed E-state index contributed by atoms with van der Waals surface area (Å²) in [5, 5.41) is 0. The molecule has 0 saturated heterocycles. The smallest absolute Gasteiger partial charge is 0.316 e. The summed E-state index contributed by atoms with van der Waals surface area (Å²) in [5.41, 5.74) is 1.20. The summed E-state index contributed by atoms with van der Waals surface area (Å²) >= 11 is 3.21. The van der Waals surface area contributed by atoms with Crippen molar-refractivity contribution in [3.8, 4) is 0 Å². The van der Waals surface area contributed by atoms with Crippen LogP contribution in [0.5, 0.6) is 0 Å². The molecule has 0 saturated carbocycles. The van der Waals surface area contributed by atoms with Crippen LogP contribution < -0.4 is 0 Å². The van der Waals surface area contributed by atoms with Crippen LogP contribution in [-0.4, -0.2) is 30.3 Å². The van der Waals surface area contributed by atoms with Gasteiger partial charge in [-0.1, -0.05) is 18.2 Å². The summed E-state index contributed by atoms with van der Waals surface area (Å²) in [6.07, 6.45) is 2.00. The second kappa shape index (κ2) is 7.63. The van der Waals surface area contributed by atoms with E-state index < -0.39 is 0 Å². The zero-order valence-electron chi connectivity index (χ0n) is 9.56. The van der Waals surface area contributed by atoms with Crippen LogP contribution in [0.2, 0.25) is 0 Å². The molecule has 2 nitrogen and oxygen atoms in total. The molecule has 16 heavy (non-hydrogen) atoms. The Morgan fingerprint density at radius 2 is 2.12 bits per heavy atom. The fourth-order valence-electron chi connectivity index (χ4n) is 1.14. The van der Waals surface area contributed by atoms with E-state index in [2.05, 4.69) is 0 Å². The average Bonchev–Trinajstić information content (AvgIpc) is 2.28. The van der Waals surface area contributed by atoms with Crippen molar-refractivity contribution in [3.63, 3.8) is 0 Å². The lowest BCUT2D eigenvalue weighted by atomic mass is 10.2. The Hall–Kier alpha value is -0.610. The van der Waals surface area contributed by atoms with Crippen molar-refractivity contribution >= 4 is 29.5 Å². The fraction of sp³-hybridized carbons (Fsp3) is 0.417. The fourth-order valence-corrected chi connectivity index (χ4v) is 2.21. The SMILES string of the molecule is CSCCOC(=O)CSc1ccccc1C. The van der Waals surface area contributed by atoms with Crippen molar-refractivity contribution in [1.82, 2.24) is 0 Å². The van der Waals surface area contributed by atoms with Gasteiger partial charge in [0, 0.05) is 10.6 Å². The molecule has 1 aromatic carbocycles. The molecule has 0 heterocycles. The molecule has 0 unspecified atom stereocenters. The predicted octanol–water partition coefficient (Wildman–Crippen LogP) is 2.99. The van der Waals surface area contributed by atoms with Crippen molar-refractivity contribution in [2.75, 3.05) is 24.4 Å². The predicted molar refractivity (Wildman–Crippen MR) is 71.2 cm³/mol. The third-order valence-corrected chi connectivity index (χ3v) is 3.71. The van der Waals surface area contributed by atoms with E-state index in [1.54, 1.807) is 11.8 Å². The zero-order valence-corrected chi connectivity index (χ0v) is 11.2. The second-order valence-corrected chi connectivity index (χ2v) is 5.27. The van der Waals surface area contributed by atoms with E-state index in [-0.39, 0.29) is 5.97 Å². The highest BCUT2D eigenvalue weighted by molar-refractivity contribution is 8.00. The summed E-state index contributed by atoms with van der Waals surface area (Å²) in [6, 6.07) is 8.04. The van der Waals surface area contributed by atoms with Crippen LogP contribution in [0.15, 0.2) is 29.2 Å². The summed E-state index contributed by atoms with van der Waals surface area (Å²) in [6.45, 7) is 2.55. The lowest BCUT2D eigenvalue weighted by Crippen LogP contribution is -2.09. The maximum atomic E-state index is 11.4. The number of carbonyl (C=O) groups is 1. The van der Waals surface area contributed by atoms with Gasteiger partial charge in [-0.2, -0.15) is 11.8 Å². The minimum absolute atomic E-state index is 0.137. The van der Waals surface area contributed by atoms with E-state index in [0.29, 0.717) is 12.4 Å². The Balaban J connectivity index is 2.29. The first-order chi connectivity index (χ1) is 7.74. The van der Waals surface area contributed by atoms with Gasteiger partial charge in [0.1, 0.15) is 6.61 Å². The Bertz CT molecular complexity index is 340. The normalized spacial score (nSPS) is 10.1. The third kappa shape index (κ3) is 4.94. The van der Waals surface area contributed by atoms with E-state index in [4.69, 9.17) is 4.74 Å². The highest BCUT2D eigenvalue weighted by Crippen LogP contribution is 2.21. The molecule has 0 radical (unpaired) electrons. The van der Waals surface area contributed by atoms with Crippen LogP contribution in [0.3, 0.4) is 0 Å². The minimum Gasteiger partial charge on any atom is -0.464 e. The van der Waals surface area contributed by atoms with Gasteiger partial charge in [-0.15, -0.1) is 11.8 Å². The third-order valence-electron chi connectivity index (χ3n) is 1.99. The molecule has 0 spiro atoms. The van der Waals surface area contributed by atoms with Crippen molar-refractivity contribution < 1.29 is 9.53 Å². The first-order valence-electron chi connectivity index (χ1n) is 5.07. The van der Waals surface area contributed by atoms with Crippen LogP contribution >= 0.6 is 23.5 Å². The largest absolute Gasteiger partial charge is 0.464 e. The van der Waals surface area contributed by atoms with Crippen LogP contribution in [0.25, 0.3) is 0 Å². The van der Waals surface area contributed by atoms with Gasteiger partial charge < -0.3 is 4.74 Å². The van der Waals surface area contributed by atoms with Gasteiger partial charge >= 0.3 is 5.97 Å². The summed E-state index contributed by atoms with van der Waals surface area (Å²) < 4.78 is 5.06. The first kappa shape index (κ1) is 13.5. The molecule has 0 aliphatic rings. The van der Waals surface area contributed by atoms with Crippen LogP contribution in [-0.2, 0) is 9.53 Å². The van der Waals surface area contributed by atoms with E-state index in [9.17, 15) is 4.79 Å². The van der Waals surface area contributed by atoms with Crippen LogP contribution in [0.1, 0.15) is 5.56 Å². The molecule has 1 rings (SSSR count). The van der Waals surface area contributed by atoms with Gasteiger partial charge in [-0.25, -0.2) is 0 Å². The van der Waals surface area contributed by atoms with Crippen LogP contribution in [0, 0.1) is 6.92 Å². The van der Waals surface area contributed by atoms with Crippen LogP contribution in [0.4, 0.5) is 0 Å². The van der Waals surface area contributed by atoms with Crippen molar-refractivity contribution in [2.24, 2.45) is 0 Å². The lowest BCUT2D eigenvalue weighted by Gasteiger charge is -2.05. The molecule has 0 amide bonds. The lowest BCUT2D eigenvalue weighted by molar-refractivity contribution is -0.139. The first-order valence-corrected chi connectivity index (χ1v) is 7.45. The number of carbonyl (C=O) groups excluding carboxylic acids is 1. The number of hydrogen-bond acceptors (Lipinski definition) is 4. The number of rotatable bonds is 6. The van der Waals surface area contributed by atoms with Gasteiger partial charge in [0.2, 0.25) is 0 Å². The van der Waals surface area contributed by atoms with Crippen molar-refractivity contribution in [2.45, 2.75) is 11.8 Å². The molecule has 0 atom stereocenters. The highest BCUT2D eigenvalue weighted by atomic mass is 32.2. The maximum absolute atomic E-state index is 11.4. The van der Waals surface area contributed by atoms with Crippen molar-refractivity contribution in [1.29, 1.82) is 0 Å². The Labute approximate surface area is 105 Å². The summed E-state index contributed by atoms with van der Waals surface area (Å²) in [7, 11) is 0. The maximum Gasteiger partial charge on any atom is 0.316 e. The van der Waals surface area contributed by atoms with Gasteiger partial charge in [0.05, 0.1) is 5.75 Å². The second-order valence-electron chi connectivity index (χ2n) is 3.27. The molecule has 88 valence electrons. The monoisotopic (exact) mass is 256 g/mol. The zero-order chi connectivity index (χ0) is 11.8. The molecular weight excluding hydrogens is 240 g/mol. The van der Waals surface area contributed by atoms with E-state index >= 15 is 0 Å². The molecule has 0 aliphatic heterocycles. The Kier molecular flexibility index (Phi) is 6.42. The standard InChI is InChI=1S/C12H16O2S2/c1-10-5-3-4-6-11(10)16-9-12(13)14-7-8-15-2/h3-6H,7-9H2,1-2H3. The van der Waals surface area contributed by atoms with E-state index in [1.165, 1.54) is 17.3 Å². The number of aryl methyl sites for hydroxylation is 1.